The Bertz CT molecular complexity index is 584. The van der Waals surface area contributed by atoms with Gasteiger partial charge in [-0.05, 0) is 43.2 Å². The molecule has 1 nitrogen and oxygen atoms in total. The Labute approximate surface area is 122 Å². The van der Waals surface area contributed by atoms with Crippen molar-refractivity contribution >= 4 is 18.2 Å². The van der Waals surface area contributed by atoms with Crippen molar-refractivity contribution in [1.29, 1.82) is 0 Å². The summed E-state index contributed by atoms with van der Waals surface area (Å²) in [5.41, 5.74) is 3.98. The van der Waals surface area contributed by atoms with E-state index in [0.717, 1.165) is 22.5 Å². The fourth-order valence-corrected chi connectivity index (χ4v) is 1.74. The van der Waals surface area contributed by atoms with Gasteiger partial charge in [0.25, 0.3) is 0 Å². The molecule has 1 heteroatoms. The van der Waals surface area contributed by atoms with Gasteiger partial charge in [-0.15, -0.1) is 0 Å². The smallest absolute Gasteiger partial charge is 0.0705 e. The van der Waals surface area contributed by atoms with Crippen LogP contribution in [0.3, 0.4) is 0 Å². The summed E-state index contributed by atoms with van der Waals surface area (Å²) in [6, 6.07) is 4.02. The SMILES string of the molecule is C=C/C=C(\C=C/C)/C=C/c1ccc(C=C)c(/C=C\C)n1. The largest absolute Gasteiger partial charge is 0.248 e. The van der Waals surface area contributed by atoms with Gasteiger partial charge in [0.1, 0.15) is 0 Å². The van der Waals surface area contributed by atoms with Gasteiger partial charge in [-0.3, -0.25) is 0 Å². The fourth-order valence-electron chi connectivity index (χ4n) is 1.74. The molecule has 0 N–H and O–H groups in total. The molecule has 20 heavy (non-hydrogen) atoms. The van der Waals surface area contributed by atoms with Crippen molar-refractivity contribution < 1.29 is 0 Å². The van der Waals surface area contributed by atoms with Crippen LogP contribution in [0.4, 0.5) is 0 Å². The van der Waals surface area contributed by atoms with Crippen LogP contribution in [0.25, 0.3) is 18.2 Å². The van der Waals surface area contributed by atoms with Crippen LogP contribution in [0.15, 0.2) is 67.3 Å². The van der Waals surface area contributed by atoms with Crippen molar-refractivity contribution in [2.45, 2.75) is 13.8 Å². The van der Waals surface area contributed by atoms with E-state index >= 15 is 0 Å². The first kappa shape index (κ1) is 15.6. The van der Waals surface area contributed by atoms with Crippen LogP contribution in [-0.2, 0) is 0 Å². The van der Waals surface area contributed by atoms with Gasteiger partial charge < -0.3 is 0 Å². The van der Waals surface area contributed by atoms with Gasteiger partial charge in [0.2, 0.25) is 0 Å². The zero-order valence-corrected chi connectivity index (χ0v) is 12.2. The summed E-state index contributed by atoms with van der Waals surface area (Å²) in [7, 11) is 0. The summed E-state index contributed by atoms with van der Waals surface area (Å²) in [4.78, 5) is 4.60. The lowest BCUT2D eigenvalue weighted by Gasteiger charge is -2.02. The highest BCUT2D eigenvalue weighted by atomic mass is 14.7. The van der Waals surface area contributed by atoms with Gasteiger partial charge in [0, 0.05) is 0 Å². The summed E-state index contributed by atoms with van der Waals surface area (Å²) < 4.78 is 0. The van der Waals surface area contributed by atoms with Crippen LogP contribution in [0.5, 0.6) is 0 Å². The Morgan fingerprint density at radius 3 is 2.45 bits per heavy atom. The lowest BCUT2D eigenvalue weighted by atomic mass is 10.1. The Morgan fingerprint density at radius 2 is 1.85 bits per heavy atom. The van der Waals surface area contributed by atoms with Crippen molar-refractivity contribution in [3.63, 3.8) is 0 Å². The van der Waals surface area contributed by atoms with Gasteiger partial charge in [-0.2, -0.15) is 0 Å². The first-order valence-electron chi connectivity index (χ1n) is 6.64. The number of nitrogens with zero attached hydrogens (tertiary/aromatic N) is 1. The second-order valence-corrected chi connectivity index (χ2v) is 4.15. The van der Waals surface area contributed by atoms with Crippen LogP contribution >= 0.6 is 0 Å². The van der Waals surface area contributed by atoms with Gasteiger partial charge in [0.05, 0.1) is 11.4 Å². The molecule has 0 spiro atoms. The predicted molar refractivity (Wildman–Crippen MR) is 91.2 cm³/mol. The van der Waals surface area contributed by atoms with Crippen molar-refractivity contribution in [1.82, 2.24) is 4.98 Å². The third-order valence-electron chi connectivity index (χ3n) is 2.64. The molecule has 1 aromatic heterocycles. The molecule has 0 radical (unpaired) electrons. The number of pyridine rings is 1. The lowest BCUT2D eigenvalue weighted by molar-refractivity contribution is 1.25. The Kier molecular flexibility index (Phi) is 6.77. The number of hydrogen-bond acceptors (Lipinski definition) is 1. The van der Waals surface area contributed by atoms with E-state index in [-0.39, 0.29) is 0 Å². The molecule has 102 valence electrons. The standard InChI is InChI=1S/C19H21N/c1-5-9-16(10-6-2)12-14-18-15-13-17(8-4)19(20-18)11-7-3/h5-15H,1,4H2,2-3H3/b10-6-,11-7-,14-12+,16-9+. The van der Waals surface area contributed by atoms with Crippen LogP contribution in [0, 0.1) is 0 Å². The van der Waals surface area contributed by atoms with Crippen molar-refractivity contribution in [2.24, 2.45) is 0 Å². The minimum Gasteiger partial charge on any atom is -0.248 e. The second-order valence-electron chi connectivity index (χ2n) is 4.15. The Balaban J connectivity index is 3.09. The third-order valence-corrected chi connectivity index (χ3v) is 2.64. The minimum absolute atomic E-state index is 0.920. The van der Waals surface area contributed by atoms with Crippen molar-refractivity contribution in [3.8, 4) is 0 Å². The molecule has 0 unspecified atom stereocenters. The van der Waals surface area contributed by atoms with Crippen molar-refractivity contribution in [2.75, 3.05) is 0 Å². The molecule has 0 aromatic carbocycles. The van der Waals surface area contributed by atoms with E-state index in [2.05, 4.69) is 18.1 Å². The molecule has 0 bridgehead atoms. The van der Waals surface area contributed by atoms with E-state index in [4.69, 9.17) is 0 Å². The quantitative estimate of drug-likeness (QED) is 0.621. The normalized spacial score (nSPS) is 12.6. The van der Waals surface area contributed by atoms with Crippen LogP contribution in [-0.4, -0.2) is 4.98 Å². The first-order valence-corrected chi connectivity index (χ1v) is 6.64. The molecule has 1 heterocycles. The summed E-state index contributed by atoms with van der Waals surface area (Å²) in [5.74, 6) is 0. The summed E-state index contributed by atoms with van der Waals surface area (Å²) in [5, 5.41) is 0. The average Bonchev–Trinajstić information content (AvgIpc) is 2.46. The minimum atomic E-state index is 0.920. The third kappa shape index (κ3) is 4.69. The monoisotopic (exact) mass is 263 g/mol. The molecular formula is C19H21N. The summed E-state index contributed by atoms with van der Waals surface area (Å²) in [6.45, 7) is 11.5. The van der Waals surface area contributed by atoms with E-state index in [9.17, 15) is 0 Å². The maximum Gasteiger partial charge on any atom is 0.0705 e. The maximum absolute atomic E-state index is 4.60. The first-order chi connectivity index (χ1) is 9.74. The molecule has 0 amide bonds. The van der Waals surface area contributed by atoms with Crippen LogP contribution in [0.2, 0.25) is 0 Å². The molecule has 0 aliphatic heterocycles. The molecule has 0 aliphatic carbocycles. The predicted octanol–water partition coefficient (Wildman–Crippen LogP) is 5.46. The summed E-state index contributed by atoms with van der Waals surface area (Å²) in [6.07, 6.45) is 17.6. The van der Waals surface area contributed by atoms with E-state index < -0.39 is 0 Å². The van der Waals surface area contributed by atoms with Crippen molar-refractivity contribution in [3.05, 3.63) is 84.3 Å². The van der Waals surface area contributed by atoms with Gasteiger partial charge in [0.15, 0.2) is 0 Å². The van der Waals surface area contributed by atoms with E-state index in [1.165, 1.54) is 0 Å². The highest BCUT2D eigenvalue weighted by Gasteiger charge is 1.98. The lowest BCUT2D eigenvalue weighted by Crippen LogP contribution is -1.89. The van der Waals surface area contributed by atoms with E-state index in [0.29, 0.717) is 0 Å². The molecule has 1 aromatic rings. The van der Waals surface area contributed by atoms with Gasteiger partial charge in [-0.25, -0.2) is 4.98 Å². The topological polar surface area (TPSA) is 12.9 Å². The maximum atomic E-state index is 4.60. The number of hydrogen-bond donors (Lipinski definition) is 0. The van der Waals surface area contributed by atoms with Crippen LogP contribution in [0.1, 0.15) is 30.8 Å². The number of aromatic nitrogens is 1. The molecule has 0 fully saturated rings. The fraction of sp³-hybridized carbons (Fsp3) is 0.105. The molecule has 0 aliphatic rings. The Morgan fingerprint density at radius 1 is 1.05 bits per heavy atom. The molecular weight excluding hydrogens is 242 g/mol. The zero-order valence-electron chi connectivity index (χ0n) is 12.2. The highest BCUT2D eigenvalue weighted by molar-refractivity contribution is 5.64. The highest BCUT2D eigenvalue weighted by Crippen LogP contribution is 2.13. The number of allylic oxidation sites excluding steroid dienone is 7. The molecule has 1 rings (SSSR count). The van der Waals surface area contributed by atoms with Crippen LogP contribution < -0.4 is 0 Å². The number of rotatable bonds is 6. The molecule has 0 saturated heterocycles. The second kappa shape index (κ2) is 8.65. The zero-order chi connectivity index (χ0) is 14.8. The molecule has 0 atom stereocenters. The van der Waals surface area contributed by atoms with Gasteiger partial charge >= 0.3 is 0 Å². The average molecular weight is 263 g/mol. The Hall–Kier alpha value is -2.41. The molecule has 0 saturated carbocycles. The summed E-state index contributed by atoms with van der Waals surface area (Å²) >= 11 is 0. The van der Waals surface area contributed by atoms with E-state index in [1.807, 2.05) is 74.6 Å². The van der Waals surface area contributed by atoms with E-state index in [1.54, 1.807) is 6.08 Å². The van der Waals surface area contributed by atoms with Gasteiger partial charge in [-0.1, -0.05) is 61.8 Å².